The molecule has 0 aliphatic heterocycles. The summed E-state index contributed by atoms with van der Waals surface area (Å²) in [7, 11) is 0. The molecule has 1 aliphatic rings. The van der Waals surface area contributed by atoms with Crippen LogP contribution >= 0.6 is 0 Å². The van der Waals surface area contributed by atoms with Gasteiger partial charge in [0, 0.05) is 5.54 Å². The van der Waals surface area contributed by atoms with Crippen LogP contribution in [0.4, 0.5) is 0 Å². The van der Waals surface area contributed by atoms with E-state index in [1.807, 2.05) is 6.07 Å². The molecule has 0 saturated carbocycles. The van der Waals surface area contributed by atoms with Gasteiger partial charge in [-0.2, -0.15) is 0 Å². The largest absolute Gasteiger partial charge is 0.391 e. The Hall–Kier alpha value is -0.860. The van der Waals surface area contributed by atoms with Gasteiger partial charge < -0.3 is 10.8 Å². The van der Waals surface area contributed by atoms with Crippen molar-refractivity contribution >= 4 is 0 Å². The quantitative estimate of drug-likeness (QED) is 0.702. The van der Waals surface area contributed by atoms with Gasteiger partial charge in [0.25, 0.3) is 0 Å². The Bertz CT molecular complexity index is 335. The molecule has 0 unspecified atom stereocenters. The molecule has 1 aromatic rings. The van der Waals surface area contributed by atoms with Gasteiger partial charge in [-0.05, 0) is 37.3 Å². The minimum absolute atomic E-state index is 0.422. The van der Waals surface area contributed by atoms with Crippen molar-refractivity contribution in [1.29, 1.82) is 0 Å². The second kappa shape index (κ2) is 3.37. The molecule has 1 aromatic carbocycles. The molecule has 2 rings (SSSR count). The Balaban J connectivity index is 2.29. The number of rotatable bonds is 1. The number of benzene rings is 1. The van der Waals surface area contributed by atoms with E-state index in [2.05, 4.69) is 18.2 Å². The van der Waals surface area contributed by atoms with E-state index in [9.17, 15) is 5.11 Å². The highest BCUT2D eigenvalue weighted by atomic mass is 16.3. The third-order valence-corrected chi connectivity index (χ3v) is 3.33. The van der Waals surface area contributed by atoms with E-state index in [0.717, 1.165) is 19.3 Å². The number of hydrogen-bond acceptors (Lipinski definition) is 2. The Morgan fingerprint density at radius 1 is 1.36 bits per heavy atom. The average Bonchev–Trinajstić information content (AvgIpc) is 2.17. The summed E-state index contributed by atoms with van der Waals surface area (Å²) in [5.41, 5.74) is 8.42. The van der Waals surface area contributed by atoms with Crippen LogP contribution in [-0.4, -0.2) is 16.7 Å². The molecule has 2 heteroatoms. The maximum atomic E-state index is 9.64. The van der Waals surface area contributed by atoms with Crippen LogP contribution in [0.1, 0.15) is 24.5 Å². The van der Waals surface area contributed by atoms with E-state index >= 15 is 0 Å². The van der Waals surface area contributed by atoms with E-state index < -0.39 is 11.6 Å². The summed E-state index contributed by atoms with van der Waals surface area (Å²) < 4.78 is 0. The van der Waals surface area contributed by atoms with Gasteiger partial charge >= 0.3 is 0 Å². The molecule has 76 valence electrons. The first-order chi connectivity index (χ1) is 6.62. The fourth-order valence-electron chi connectivity index (χ4n) is 2.14. The predicted octanol–water partition coefficient (Wildman–Crippen LogP) is 1.25. The van der Waals surface area contributed by atoms with Crippen molar-refractivity contribution in [3.8, 4) is 0 Å². The minimum Gasteiger partial charge on any atom is -0.391 e. The highest BCUT2D eigenvalue weighted by Gasteiger charge is 2.34. The lowest BCUT2D eigenvalue weighted by atomic mass is 9.76. The maximum absolute atomic E-state index is 9.64. The van der Waals surface area contributed by atoms with Gasteiger partial charge in [-0.25, -0.2) is 0 Å². The average molecular weight is 191 g/mol. The molecule has 2 atom stereocenters. The van der Waals surface area contributed by atoms with E-state index in [-0.39, 0.29) is 0 Å². The van der Waals surface area contributed by atoms with Crippen molar-refractivity contribution in [3.05, 3.63) is 35.4 Å². The molecule has 0 heterocycles. The van der Waals surface area contributed by atoms with Crippen LogP contribution in [-0.2, 0) is 12.8 Å². The van der Waals surface area contributed by atoms with Crippen LogP contribution < -0.4 is 5.73 Å². The Labute approximate surface area is 84.7 Å². The molecule has 0 amide bonds. The van der Waals surface area contributed by atoms with Crippen LogP contribution in [0.5, 0.6) is 0 Å². The first-order valence-corrected chi connectivity index (χ1v) is 5.15. The van der Waals surface area contributed by atoms with Crippen LogP contribution in [0.25, 0.3) is 0 Å². The molecule has 0 fully saturated rings. The molecule has 1 aliphatic carbocycles. The summed E-state index contributed by atoms with van der Waals surface area (Å²) in [5.74, 6) is 0. The lowest BCUT2D eigenvalue weighted by molar-refractivity contribution is 0.0905. The molecule has 0 aromatic heterocycles. The molecule has 14 heavy (non-hydrogen) atoms. The second-order valence-electron chi connectivity index (χ2n) is 4.35. The lowest BCUT2D eigenvalue weighted by Gasteiger charge is -2.37. The van der Waals surface area contributed by atoms with Gasteiger partial charge in [-0.1, -0.05) is 24.3 Å². The van der Waals surface area contributed by atoms with E-state index in [1.165, 1.54) is 11.1 Å². The van der Waals surface area contributed by atoms with Gasteiger partial charge in [0.1, 0.15) is 0 Å². The first-order valence-electron chi connectivity index (χ1n) is 5.15. The second-order valence-corrected chi connectivity index (χ2v) is 4.35. The van der Waals surface area contributed by atoms with E-state index in [4.69, 9.17) is 5.73 Å². The monoisotopic (exact) mass is 191 g/mol. The zero-order valence-electron chi connectivity index (χ0n) is 8.53. The van der Waals surface area contributed by atoms with Gasteiger partial charge in [-0.15, -0.1) is 0 Å². The minimum atomic E-state index is -0.434. The molecule has 2 nitrogen and oxygen atoms in total. The molecule has 0 bridgehead atoms. The van der Waals surface area contributed by atoms with Gasteiger partial charge in [-0.3, -0.25) is 0 Å². The molecule has 3 N–H and O–H groups in total. The van der Waals surface area contributed by atoms with Crippen molar-refractivity contribution in [2.45, 2.75) is 37.8 Å². The van der Waals surface area contributed by atoms with E-state index in [1.54, 1.807) is 6.92 Å². The van der Waals surface area contributed by atoms with Gasteiger partial charge in [0.2, 0.25) is 0 Å². The Morgan fingerprint density at radius 2 is 2.00 bits per heavy atom. The number of nitrogens with two attached hydrogens (primary N) is 1. The third-order valence-electron chi connectivity index (χ3n) is 3.33. The molecule has 0 saturated heterocycles. The number of aliphatic hydroxyl groups is 1. The normalized spacial score (nSPS) is 28.2. The van der Waals surface area contributed by atoms with Crippen molar-refractivity contribution in [1.82, 2.24) is 0 Å². The summed E-state index contributed by atoms with van der Waals surface area (Å²) >= 11 is 0. The molecular formula is C12H17NO. The predicted molar refractivity (Wildman–Crippen MR) is 57.1 cm³/mol. The molecule has 0 spiro atoms. The highest BCUT2D eigenvalue weighted by molar-refractivity contribution is 5.32. The number of fused-ring (bicyclic) bond motifs is 1. The van der Waals surface area contributed by atoms with Crippen molar-refractivity contribution in [2.75, 3.05) is 0 Å². The summed E-state index contributed by atoms with van der Waals surface area (Å²) in [6, 6.07) is 8.35. The summed E-state index contributed by atoms with van der Waals surface area (Å²) in [5, 5.41) is 9.64. The zero-order chi connectivity index (χ0) is 10.2. The number of aryl methyl sites for hydroxylation is 1. The van der Waals surface area contributed by atoms with Crippen LogP contribution in [0.2, 0.25) is 0 Å². The Kier molecular flexibility index (Phi) is 2.33. The molecule has 0 radical (unpaired) electrons. The lowest BCUT2D eigenvalue weighted by Crippen LogP contribution is -2.53. The highest BCUT2D eigenvalue weighted by Crippen LogP contribution is 2.29. The fraction of sp³-hybridized carbons (Fsp3) is 0.500. The van der Waals surface area contributed by atoms with Crippen molar-refractivity contribution in [3.63, 3.8) is 0 Å². The van der Waals surface area contributed by atoms with Crippen LogP contribution in [0.3, 0.4) is 0 Å². The van der Waals surface area contributed by atoms with Crippen LogP contribution in [0.15, 0.2) is 24.3 Å². The Morgan fingerprint density at radius 3 is 2.64 bits per heavy atom. The fourth-order valence-corrected chi connectivity index (χ4v) is 2.14. The summed E-state index contributed by atoms with van der Waals surface area (Å²) in [6.45, 7) is 1.79. The van der Waals surface area contributed by atoms with E-state index in [0.29, 0.717) is 0 Å². The first kappa shape index (κ1) is 9.69. The maximum Gasteiger partial charge on any atom is 0.0694 e. The van der Waals surface area contributed by atoms with Crippen LogP contribution in [0, 0.1) is 0 Å². The summed E-state index contributed by atoms with van der Waals surface area (Å²) in [6.07, 6.45) is 2.22. The topological polar surface area (TPSA) is 46.2 Å². The SMILES string of the molecule is C[C@@H](O)[C@@]1(N)CCc2ccccc2C1. The summed E-state index contributed by atoms with van der Waals surface area (Å²) in [4.78, 5) is 0. The standard InChI is InChI=1S/C12H17NO/c1-9(14)12(13)7-6-10-4-2-3-5-11(10)8-12/h2-5,9,14H,6-8,13H2,1H3/t9-,12-/m1/s1. The zero-order valence-corrected chi connectivity index (χ0v) is 8.53. The smallest absolute Gasteiger partial charge is 0.0694 e. The third kappa shape index (κ3) is 1.56. The van der Waals surface area contributed by atoms with Gasteiger partial charge in [0.05, 0.1) is 6.10 Å². The van der Waals surface area contributed by atoms with Gasteiger partial charge in [0.15, 0.2) is 0 Å². The van der Waals surface area contributed by atoms with Crippen molar-refractivity contribution < 1.29 is 5.11 Å². The number of aliphatic hydroxyl groups excluding tert-OH is 1. The molecular weight excluding hydrogens is 174 g/mol. The van der Waals surface area contributed by atoms with Crippen molar-refractivity contribution in [2.24, 2.45) is 5.73 Å². The number of hydrogen-bond donors (Lipinski definition) is 2.